The summed E-state index contributed by atoms with van der Waals surface area (Å²) < 4.78 is 15.3. The summed E-state index contributed by atoms with van der Waals surface area (Å²) in [5.74, 6) is -1.27. The van der Waals surface area contributed by atoms with Gasteiger partial charge in [-0.2, -0.15) is 0 Å². The van der Waals surface area contributed by atoms with E-state index >= 15 is 0 Å². The van der Waals surface area contributed by atoms with Crippen molar-refractivity contribution in [3.05, 3.63) is 46.3 Å². The van der Waals surface area contributed by atoms with Crippen molar-refractivity contribution in [2.75, 3.05) is 13.2 Å². The summed E-state index contributed by atoms with van der Waals surface area (Å²) >= 11 is 5.75. The van der Waals surface area contributed by atoms with Crippen LogP contribution in [0.4, 0.5) is 0 Å². The van der Waals surface area contributed by atoms with Crippen LogP contribution in [0.3, 0.4) is 0 Å². The summed E-state index contributed by atoms with van der Waals surface area (Å²) in [6.45, 7) is 4.38. The minimum Gasteiger partial charge on any atom is -0.484 e. The molecule has 0 saturated carbocycles. The zero-order chi connectivity index (χ0) is 20.7. The maximum atomic E-state index is 12.2. The molecule has 0 bridgehead atoms. The fourth-order valence-electron chi connectivity index (χ4n) is 2.12. The number of ether oxygens (including phenoxy) is 2. The molecule has 10 heteroatoms. The number of rotatable bonds is 7. The van der Waals surface area contributed by atoms with Crippen LogP contribution in [-0.2, 0) is 14.3 Å². The van der Waals surface area contributed by atoms with E-state index in [1.807, 2.05) is 13.8 Å². The number of aromatic nitrogens is 1. The standard InChI is InChI=1S/C18H20ClN3O6/c1-10(2)17-16(11(3)22-28-17)18(25)27-9-15(24)21-20-14(23)8-26-13-6-4-12(19)5-7-13/h4-7,10H,8-9H2,1-3H3,(H,20,23)(H,21,24). The zero-order valence-corrected chi connectivity index (χ0v) is 16.3. The minimum absolute atomic E-state index is 0.0718. The van der Waals surface area contributed by atoms with E-state index < -0.39 is 24.4 Å². The highest BCUT2D eigenvalue weighted by atomic mass is 35.5. The molecule has 0 saturated heterocycles. The number of hydrazine groups is 1. The average Bonchev–Trinajstić information content (AvgIpc) is 3.05. The Morgan fingerprint density at radius 2 is 1.71 bits per heavy atom. The van der Waals surface area contributed by atoms with E-state index in [1.54, 1.807) is 31.2 Å². The summed E-state index contributed by atoms with van der Waals surface area (Å²) in [6, 6.07) is 6.44. The Kier molecular flexibility index (Phi) is 7.39. The number of carbonyl (C=O) groups excluding carboxylic acids is 3. The fourth-order valence-corrected chi connectivity index (χ4v) is 2.25. The largest absolute Gasteiger partial charge is 0.484 e. The van der Waals surface area contributed by atoms with Crippen molar-refractivity contribution in [3.63, 3.8) is 0 Å². The first-order valence-corrected chi connectivity index (χ1v) is 8.75. The number of carbonyl (C=O) groups is 3. The van der Waals surface area contributed by atoms with Crippen LogP contribution in [-0.4, -0.2) is 36.2 Å². The Bertz CT molecular complexity index is 848. The van der Waals surface area contributed by atoms with Crippen molar-refractivity contribution in [3.8, 4) is 5.75 Å². The Hall–Kier alpha value is -3.07. The average molecular weight is 410 g/mol. The number of nitrogens with zero attached hydrogens (tertiary/aromatic N) is 1. The summed E-state index contributed by atoms with van der Waals surface area (Å²) in [6.07, 6.45) is 0. The third-order valence-corrected chi connectivity index (χ3v) is 3.73. The third kappa shape index (κ3) is 5.98. The first-order chi connectivity index (χ1) is 13.3. The van der Waals surface area contributed by atoms with Crippen LogP contribution in [0.1, 0.15) is 41.6 Å². The molecule has 28 heavy (non-hydrogen) atoms. The van der Waals surface area contributed by atoms with E-state index in [4.69, 9.17) is 25.6 Å². The van der Waals surface area contributed by atoms with Gasteiger partial charge in [0.1, 0.15) is 11.3 Å². The second-order valence-corrected chi connectivity index (χ2v) is 6.51. The molecule has 0 aliphatic carbocycles. The molecule has 2 aromatic rings. The van der Waals surface area contributed by atoms with Gasteiger partial charge in [-0.1, -0.05) is 30.6 Å². The molecule has 0 spiro atoms. The van der Waals surface area contributed by atoms with Gasteiger partial charge in [-0.05, 0) is 31.2 Å². The SMILES string of the molecule is Cc1noc(C(C)C)c1C(=O)OCC(=O)NNC(=O)COc1ccc(Cl)cc1. The molecule has 0 unspecified atom stereocenters. The molecule has 2 amide bonds. The van der Waals surface area contributed by atoms with Crippen LogP contribution in [0.2, 0.25) is 5.02 Å². The summed E-state index contributed by atoms with van der Waals surface area (Å²) in [5, 5.41) is 4.28. The normalized spacial score (nSPS) is 10.5. The predicted molar refractivity (Wildman–Crippen MR) is 98.8 cm³/mol. The second-order valence-electron chi connectivity index (χ2n) is 6.08. The maximum Gasteiger partial charge on any atom is 0.344 e. The summed E-state index contributed by atoms with van der Waals surface area (Å²) in [7, 11) is 0. The van der Waals surface area contributed by atoms with Crippen molar-refractivity contribution in [2.24, 2.45) is 0 Å². The Morgan fingerprint density at radius 1 is 1.11 bits per heavy atom. The molecule has 0 fully saturated rings. The van der Waals surface area contributed by atoms with E-state index in [-0.39, 0.29) is 18.1 Å². The van der Waals surface area contributed by atoms with Crippen molar-refractivity contribution in [1.82, 2.24) is 16.0 Å². The molecule has 0 aliphatic rings. The number of aryl methyl sites for hydroxylation is 1. The summed E-state index contributed by atoms with van der Waals surface area (Å²) in [4.78, 5) is 35.6. The molecule has 0 aliphatic heterocycles. The molecule has 0 radical (unpaired) electrons. The fraction of sp³-hybridized carbons (Fsp3) is 0.333. The van der Waals surface area contributed by atoms with Crippen molar-refractivity contribution < 1.29 is 28.4 Å². The van der Waals surface area contributed by atoms with Gasteiger partial charge in [-0.3, -0.25) is 20.4 Å². The van der Waals surface area contributed by atoms with E-state index in [1.165, 1.54) is 0 Å². The topological polar surface area (TPSA) is 120 Å². The molecule has 1 aromatic carbocycles. The van der Waals surface area contributed by atoms with Crippen molar-refractivity contribution in [2.45, 2.75) is 26.7 Å². The van der Waals surface area contributed by atoms with Crippen LogP contribution in [0.5, 0.6) is 5.75 Å². The molecular formula is C18H20ClN3O6. The Balaban J connectivity index is 1.73. The third-order valence-electron chi connectivity index (χ3n) is 3.48. The molecule has 2 rings (SSSR count). The lowest BCUT2D eigenvalue weighted by Crippen LogP contribution is -2.45. The first kappa shape index (κ1) is 21.2. The first-order valence-electron chi connectivity index (χ1n) is 8.37. The van der Waals surface area contributed by atoms with Gasteiger partial charge < -0.3 is 14.0 Å². The number of hydrogen-bond donors (Lipinski definition) is 2. The van der Waals surface area contributed by atoms with Gasteiger partial charge in [0.25, 0.3) is 11.8 Å². The molecule has 1 aromatic heterocycles. The number of nitrogens with one attached hydrogen (secondary N) is 2. The number of amides is 2. The minimum atomic E-state index is -0.727. The highest BCUT2D eigenvalue weighted by Crippen LogP contribution is 2.22. The van der Waals surface area contributed by atoms with Crippen LogP contribution in [0.25, 0.3) is 0 Å². The lowest BCUT2D eigenvalue weighted by atomic mass is 10.1. The molecule has 150 valence electrons. The Morgan fingerprint density at radius 3 is 2.32 bits per heavy atom. The lowest BCUT2D eigenvalue weighted by Gasteiger charge is -2.09. The van der Waals surface area contributed by atoms with Gasteiger partial charge in [-0.15, -0.1) is 0 Å². The lowest BCUT2D eigenvalue weighted by molar-refractivity contribution is -0.131. The van der Waals surface area contributed by atoms with Crippen LogP contribution in [0.15, 0.2) is 28.8 Å². The van der Waals surface area contributed by atoms with Gasteiger partial charge in [-0.25, -0.2) is 4.79 Å². The van der Waals surface area contributed by atoms with Gasteiger partial charge in [0.05, 0.1) is 5.69 Å². The van der Waals surface area contributed by atoms with E-state index in [0.717, 1.165) is 0 Å². The van der Waals surface area contributed by atoms with E-state index in [0.29, 0.717) is 22.2 Å². The van der Waals surface area contributed by atoms with E-state index in [9.17, 15) is 14.4 Å². The van der Waals surface area contributed by atoms with Crippen molar-refractivity contribution >= 4 is 29.4 Å². The van der Waals surface area contributed by atoms with Crippen molar-refractivity contribution in [1.29, 1.82) is 0 Å². The molecular weight excluding hydrogens is 390 g/mol. The molecule has 9 nitrogen and oxygen atoms in total. The van der Waals surface area contributed by atoms with Gasteiger partial charge >= 0.3 is 5.97 Å². The monoisotopic (exact) mass is 409 g/mol. The van der Waals surface area contributed by atoms with Gasteiger partial charge in [0.15, 0.2) is 19.0 Å². The number of hydrogen-bond acceptors (Lipinski definition) is 7. The predicted octanol–water partition coefficient (Wildman–Crippen LogP) is 2.14. The zero-order valence-electron chi connectivity index (χ0n) is 15.6. The molecule has 0 atom stereocenters. The maximum absolute atomic E-state index is 12.2. The quantitative estimate of drug-likeness (QED) is 0.531. The number of esters is 1. The van der Waals surface area contributed by atoms with E-state index in [2.05, 4.69) is 16.0 Å². The smallest absolute Gasteiger partial charge is 0.344 e. The van der Waals surface area contributed by atoms with Gasteiger partial charge in [0.2, 0.25) is 0 Å². The van der Waals surface area contributed by atoms with Crippen LogP contribution < -0.4 is 15.6 Å². The summed E-state index contributed by atoms with van der Waals surface area (Å²) in [5.41, 5.74) is 4.85. The molecule has 1 heterocycles. The second kappa shape index (κ2) is 9.75. The molecule has 2 N–H and O–H groups in total. The number of halogens is 1. The van der Waals surface area contributed by atoms with Crippen LogP contribution in [0, 0.1) is 6.92 Å². The van der Waals surface area contributed by atoms with Crippen LogP contribution >= 0.6 is 11.6 Å². The highest BCUT2D eigenvalue weighted by molar-refractivity contribution is 6.30. The highest BCUT2D eigenvalue weighted by Gasteiger charge is 2.24. The Labute approximate surface area is 166 Å². The van der Waals surface area contributed by atoms with Gasteiger partial charge in [0, 0.05) is 10.9 Å². The number of benzene rings is 1.